The molecule has 1 aromatic carbocycles. The van der Waals surface area contributed by atoms with Crippen LogP contribution in [0, 0.1) is 0 Å². The maximum absolute atomic E-state index is 12.2. The van der Waals surface area contributed by atoms with Gasteiger partial charge in [-0.15, -0.1) is 11.6 Å². The maximum atomic E-state index is 12.2. The summed E-state index contributed by atoms with van der Waals surface area (Å²) in [4.78, 5) is 0.231. The van der Waals surface area contributed by atoms with Gasteiger partial charge in [0.25, 0.3) is 0 Å². The molecule has 0 saturated carbocycles. The number of hydrogen-bond acceptors (Lipinski definition) is 3. The summed E-state index contributed by atoms with van der Waals surface area (Å²) < 4.78 is 32.2. The van der Waals surface area contributed by atoms with Gasteiger partial charge in [-0.05, 0) is 43.2 Å². The number of benzene rings is 1. The van der Waals surface area contributed by atoms with E-state index in [9.17, 15) is 8.42 Å². The van der Waals surface area contributed by atoms with Crippen molar-refractivity contribution < 1.29 is 12.8 Å². The minimum Gasteiger partial charge on any atom is -0.468 e. The van der Waals surface area contributed by atoms with Crippen molar-refractivity contribution in [1.82, 2.24) is 4.72 Å². The van der Waals surface area contributed by atoms with Gasteiger partial charge >= 0.3 is 0 Å². The molecule has 0 unspecified atom stereocenters. The molecule has 2 aromatic rings. The van der Waals surface area contributed by atoms with Crippen molar-refractivity contribution in [3.63, 3.8) is 0 Å². The Labute approximate surface area is 123 Å². The molecular weight excluding hydrogens is 298 g/mol. The molecule has 20 heavy (non-hydrogen) atoms. The molecule has 108 valence electrons. The number of nitrogens with one attached hydrogen (secondary N) is 1. The average molecular weight is 314 g/mol. The summed E-state index contributed by atoms with van der Waals surface area (Å²) >= 11 is 5.65. The predicted octanol–water partition coefficient (Wildman–Crippen LogP) is 3.10. The highest BCUT2D eigenvalue weighted by molar-refractivity contribution is 7.89. The van der Waals surface area contributed by atoms with Crippen LogP contribution >= 0.6 is 11.6 Å². The average Bonchev–Trinajstić information content (AvgIpc) is 2.93. The molecule has 0 aliphatic rings. The summed E-state index contributed by atoms with van der Waals surface area (Å²) in [6.45, 7) is 1.73. The van der Waals surface area contributed by atoms with Crippen LogP contribution in [0.3, 0.4) is 0 Å². The second kappa shape index (κ2) is 6.43. The SMILES string of the molecule is C[C@@H](NS(=O)(=O)c1ccc(CCCl)cc1)c1ccco1. The van der Waals surface area contributed by atoms with Crippen LogP contribution in [0.1, 0.15) is 24.3 Å². The van der Waals surface area contributed by atoms with Gasteiger partial charge in [0.15, 0.2) is 0 Å². The summed E-state index contributed by atoms with van der Waals surface area (Å²) in [6, 6.07) is 9.75. The Balaban J connectivity index is 2.13. The summed E-state index contributed by atoms with van der Waals surface area (Å²) in [5.74, 6) is 1.09. The number of rotatable bonds is 6. The van der Waals surface area contributed by atoms with Crippen molar-refractivity contribution in [2.24, 2.45) is 0 Å². The van der Waals surface area contributed by atoms with Gasteiger partial charge in [-0.2, -0.15) is 0 Å². The Bertz CT molecular complexity index is 636. The van der Waals surface area contributed by atoms with Gasteiger partial charge in [0.05, 0.1) is 17.2 Å². The van der Waals surface area contributed by atoms with Gasteiger partial charge in [-0.3, -0.25) is 0 Å². The van der Waals surface area contributed by atoms with Crippen LogP contribution in [0.25, 0.3) is 0 Å². The van der Waals surface area contributed by atoms with E-state index in [1.807, 2.05) is 0 Å². The number of hydrogen-bond donors (Lipinski definition) is 1. The van der Waals surface area contributed by atoms with E-state index in [1.54, 1.807) is 43.3 Å². The molecular formula is C14H16ClNO3S. The molecule has 0 radical (unpaired) electrons. The zero-order valence-corrected chi connectivity index (χ0v) is 12.6. The van der Waals surface area contributed by atoms with Crippen LogP contribution in [0.15, 0.2) is 52.0 Å². The molecule has 0 aliphatic carbocycles. The Kier molecular flexibility index (Phi) is 4.86. The van der Waals surface area contributed by atoms with E-state index in [0.29, 0.717) is 11.6 Å². The fourth-order valence-corrected chi connectivity index (χ4v) is 3.27. The molecule has 0 spiro atoms. The van der Waals surface area contributed by atoms with Crippen molar-refractivity contribution in [3.05, 3.63) is 54.0 Å². The lowest BCUT2D eigenvalue weighted by atomic mass is 10.2. The number of furan rings is 1. The first-order chi connectivity index (χ1) is 9.53. The normalized spacial score (nSPS) is 13.3. The summed E-state index contributed by atoms with van der Waals surface area (Å²) in [5, 5.41) is 0. The van der Waals surface area contributed by atoms with Crippen LogP contribution < -0.4 is 4.72 Å². The van der Waals surface area contributed by atoms with Crippen LogP contribution in [0.2, 0.25) is 0 Å². The van der Waals surface area contributed by atoms with Crippen LogP contribution in [-0.4, -0.2) is 14.3 Å². The maximum Gasteiger partial charge on any atom is 0.241 e. The smallest absolute Gasteiger partial charge is 0.241 e. The van der Waals surface area contributed by atoms with Gasteiger partial charge in [-0.1, -0.05) is 12.1 Å². The van der Waals surface area contributed by atoms with Gasteiger partial charge in [0.1, 0.15) is 5.76 Å². The molecule has 1 heterocycles. The highest BCUT2D eigenvalue weighted by Gasteiger charge is 2.19. The van der Waals surface area contributed by atoms with E-state index in [1.165, 1.54) is 6.26 Å². The Hall–Kier alpha value is -1.30. The molecule has 0 fully saturated rings. The van der Waals surface area contributed by atoms with Gasteiger partial charge < -0.3 is 4.42 Å². The number of halogens is 1. The quantitative estimate of drug-likeness (QED) is 0.834. The molecule has 1 aromatic heterocycles. The highest BCUT2D eigenvalue weighted by atomic mass is 35.5. The predicted molar refractivity (Wildman–Crippen MR) is 78.3 cm³/mol. The van der Waals surface area contributed by atoms with E-state index < -0.39 is 16.1 Å². The monoisotopic (exact) mass is 313 g/mol. The van der Waals surface area contributed by atoms with E-state index in [4.69, 9.17) is 16.0 Å². The van der Waals surface area contributed by atoms with Crippen LogP contribution in [0.5, 0.6) is 0 Å². The molecule has 2 rings (SSSR count). The lowest BCUT2D eigenvalue weighted by molar-refractivity contribution is 0.459. The van der Waals surface area contributed by atoms with Crippen molar-refractivity contribution in [3.8, 4) is 0 Å². The van der Waals surface area contributed by atoms with Gasteiger partial charge in [-0.25, -0.2) is 13.1 Å². The van der Waals surface area contributed by atoms with Crippen LogP contribution in [0.4, 0.5) is 0 Å². The minimum absolute atomic E-state index is 0.231. The minimum atomic E-state index is -3.56. The number of aryl methyl sites for hydroxylation is 1. The molecule has 1 atom stereocenters. The Morgan fingerprint density at radius 1 is 1.25 bits per heavy atom. The van der Waals surface area contributed by atoms with Gasteiger partial charge in [0.2, 0.25) is 10.0 Å². The zero-order valence-electron chi connectivity index (χ0n) is 11.0. The fraction of sp³-hybridized carbons (Fsp3) is 0.286. The first kappa shape index (κ1) is 15.1. The van der Waals surface area contributed by atoms with Gasteiger partial charge in [0, 0.05) is 5.88 Å². The molecule has 0 saturated heterocycles. The summed E-state index contributed by atoms with van der Waals surface area (Å²) in [5.41, 5.74) is 1.01. The summed E-state index contributed by atoms with van der Waals surface area (Å²) in [6.07, 6.45) is 2.24. The van der Waals surface area contributed by atoms with Crippen molar-refractivity contribution in [2.45, 2.75) is 24.3 Å². The van der Waals surface area contributed by atoms with E-state index in [2.05, 4.69) is 4.72 Å². The number of sulfonamides is 1. The molecule has 0 aliphatic heterocycles. The van der Waals surface area contributed by atoms with Crippen LogP contribution in [-0.2, 0) is 16.4 Å². The molecule has 0 amide bonds. The third kappa shape index (κ3) is 3.62. The Morgan fingerprint density at radius 3 is 2.50 bits per heavy atom. The highest BCUT2D eigenvalue weighted by Crippen LogP contribution is 2.17. The standard InChI is InChI=1S/C14H16ClNO3S/c1-11(14-3-2-10-19-14)16-20(17,18)13-6-4-12(5-7-13)8-9-15/h2-7,10-11,16H,8-9H2,1H3/t11-/m1/s1. The second-order valence-corrected chi connectivity index (χ2v) is 6.53. The molecule has 4 nitrogen and oxygen atoms in total. The van der Waals surface area contributed by atoms with Crippen molar-refractivity contribution in [1.29, 1.82) is 0 Å². The number of alkyl halides is 1. The topological polar surface area (TPSA) is 59.3 Å². The first-order valence-corrected chi connectivity index (χ1v) is 8.25. The molecule has 1 N–H and O–H groups in total. The lowest BCUT2D eigenvalue weighted by Crippen LogP contribution is -2.26. The zero-order chi connectivity index (χ0) is 14.6. The third-order valence-electron chi connectivity index (χ3n) is 2.92. The third-order valence-corrected chi connectivity index (χ3v) is 4.66. The summed E-state index contributed by atoms with van der Waals surface area (Å²) in [7, 11) is -3.56. The largest absolute Gasteiger partial charge is 0.468 e. The van der Waals surface area contributed by atoms with E-state index in [0.717, 1.165) is 12.0 Å². The van der Waals surface area contributed by atoms with E-state index >= 15 is 0 Å². The lowest BCUT2D eigenvalue weighted by Gasteiger charge is -2.12. The van der Waals surface area contributed by atoms with Crippen molar-refractivity contribution >= 4 is 21.6 Å². The van der Waals surface area contributed by atoms with E-state index in [-0.39, 0.29) is 4.90 Å². The first-order valence-electron chi connectivity index (χ1n) is 6.23. The Morgan fingerprint density at radius 2 is 1.95 bits per heavy atom. The molecule has 6 heteroatoms. The molecule has 0 bridgehead atoms. The fourth-order valence-electron chi connectivity index (χ4n) is 1.84. The second-order valence-electron chi connectivity index (χ2n) is 4.44. The van der Waals surface area contributed by atoms with Crippen molar-refractivity contribution in [2.75, 3.05) is 5.88 Å².